The predicted molar refractivity (Wildman–Crippen MR) is 88.4 cm³/mol. The number of nitrogens with zero attached hydrogens (tertiary/aromatic N) is 1. The third-order valence-electron chi connectivity index (χ3n) is 3.95. The van der Waals surface area contributed by atoms with Crippen molar-refractivity contribution in [1.82, 2.24) is 0 Å². The van der Waals surface area contributed by atoms with Crippen LogP contribution in [0.5, 0.6) is 0 Å². The number of quaternary nitrogens is 1. The zero-order chi connectivity index (χ0) is 16.5. The molecule has 1 aliphatic heterocycles. The number of hydrogen-bond donors (Lipinski definition) is 0. The third-order valence-corrected chi connectivity index (χ3v) is 4.48. The first-order chi connectivity index (χ1) is 10.1. The van der Waals surface area contributed by atoms with Crippen molar-refractivity contribution in [2.24, 2.45) is 0 Å². The fourth-order valence-electron chi connectivity index (χ4n) is 2.74. The second-order valence-electron chi connectivity index (χ2n) is 6.98. The molecule has 1 aromatic rings. The SMILES string of the molecule is CC(C)(C)OC(=O)[N+]1(C)CCCC(c2ccc(Br)cc2)C1=O. The first-order valence-corrected chi connectivity index (χ1v) is 8.32. The minimum atomic E-state index is -0.594. The average molecular weight is 369 g/mol. The van der Waals surface area contributed by atoms with E-state index in [1.54, 1.807) is 7.05 Å². The Kier molecular flexibility index (Phi) is 4.78. The molecule has 1 fully saturated rings. The molecule has 1 heterocycles. The lowest BCUT2D eigenvalue weighted by molar-refractivity contribution is -0.767. The van der Waals surface area contributed by atoms with Crippen molar-refractivity contribution in [2.75, 3.05) is 13.6 Å². The summed E-state index contributed by atoms with van der Waals surface area (Å²) in [5.74, 6) is -0.331. The standard InChI is InChI=1S/C17H23BrNO3/c1-17(2,3)22-16(21)19(4)11-5-6-14(15(19)20)12-7-9-13(18)10-8-12/h7-10,14H,5-6,11H2,1-4H3/q+1. The molecule has 0 aromatic heterocycles. The van der Waals surface area contributed by atoms with Crippen LogP contribution < -0.4 is 0 Å². The van der Waals surface area contributed by atoms with Gasteiger partial charge >= 0.3 is 12.0 Å². The summed E-state index contributed by atoms with van der Waals surface area (Å²) in [6.07, 6.45) is 1.14. The van der Waals surface area contributed by atoms with Gasteiger partial charge in [-0.2, -0.15) is 9.28 Å². The molecule has 1 aromatic carbocycles. The Morgan fingerprint density at radius 3 is 2.41 bits per heavy atom. The summed E-state index contributed by atoms with van der Waals surface area (Å²) in [7, 11) is 1.67. The average Bonchev–Trinajstić information content (AvgIpc) is 2.41. The van der Waals surface area contributed by atoms with Crippen LogP contribution in [0.2, 0.25) is 0 Å². The van der Waals surface area contributed by atoms with Gasteiger partial charge in [-0.3, -0.25) is 0 Å². The minimum Gasteiger partial charge on any atom is -0.414 e. The maximum atomic E-state index is 12.9. The molecule has 2 amide bonds. The Balaban J connectivity index is 2.25. The van der Waals surface area contributed by atoms with Crippen molar-refractivity contribution >= 4 is 27.9 Å². The molecule has 0 bridgehead atoms. The molecule has 2 rings (SSSR count). The molecule has 2 unspecified atom stereocenters. The van der Waals surface area contributed by atoms with Crippen molar-refractivity contribution < 1.29 is 18.8 Å². The molecule has 5 heteroatoms. The van der Waals surface area contributed by atoms with Crippen molar-refractivity contribution in [2.45, 2.75) is 45.1 Å². The van der Waals surface area contributed by atoms with E-state index in [1.807, 2.05) is 45.0 Å². The molecule has 0 aliphatic carbocycles. The summed E-state index contributed by atoms with van der Waals surface area (Å²) in [6, 6.07) is 7.73. The van der Waals surface area contributed by atoms with E-state index >= 15 is 0 Å². The molecular weight excluding hydrogens is 346 g/mol. The predicted octanol–water partition coefficient (Wildman–Crippen LogP) is 4.23. The molecule has 1 saturated heterocycles. The highest BCUT2D eigenvalue weighted by molar-refractivity contribution is 9.10. The lowest BCUT2D eigenvalue weighted by Gasteiger charge is -2.36. The van der Waals surface area contributed by atoms with Crippen LogP contribution in [0.15, 0.2) is 28.7 Å². The zero-order valence-corrected chi connectivity index (χ0v) is 15.1. The van der Waals surface area contributed by atoms with Gasteiger partial charge in [0, 0.05) is 4.47 Å². The highest BCUT2D eigenvalue weighted by atomic mass is 79.9. The fraction of sp³-hybridized carbons (Fsp3) is 0.529. The van der Waals surface area contributed by atoms with Crippen LogP contribution in [0, 0.1) is 0 Å². The smallest absolute Gasteiger partial charge is 0.414 e. The first-order valence-electron chi connectivity index (χ1n) is 7.52. The van der Waals surface area contributed by atoms with E-state index in [0.717, 1.165) is 22.9 Å². The molecule has 4 nitrogen and oxygen atoms in total. The van der Waals surface area contributed by atoms with Gasteiger partial charge < -0.3 is 4.74 Å². The Hall–Kier alpha value is -1.20. The number of hydrogen-bond acceptors (Lipinski definition) is 3. The van der Waals surface area contributed by atoms with Crippen molar-refractivity contribution in [3.05, 3.63) is 34.3 Å². The van der Waals surface area contributed by atoms with E-state index in [2.05, 4.69) is 15.9 Å². The van der Waals surface area contributed by atoms with Crippen LogP contribution in [0.25, 0.3) is 0 Å². The van der Waals surface area contributed by atoms with Gasteiger partial charge in [-0.15, -0.1) is 0 Å². The molecule has 120 valence electrons. The molecule has 0 radical (unpaired) electrons. The van der Waals surface area contributed by atoms with Crippen molar-refractivity contribution in [1.29, 1.82) is 0 Å². The normalized spacial score (nSPS) is 25.9. The van der Waals surface area contributed by atoms with Gasteiger partial charge in [0.15, 0.2) is 0 Å². The summed E-state index contributed by atoms with van der Waals surface area (Å²) in [5, 5.41) is 0. The van der Waals surface area contributed by atoms with E-state index < -0.39 is 11.7 Å². The van der Waals surface area contributed by atoms with Crippen LogP contribution in [-0.2, 0) is 9.53 Å². The molecule has 1 aliphatic rings. The number of piperidine rings is 1. The number of carbonyl (C=O) groups is 2. The maximum absolute atomic E-state index is 12.9. The first kappa shape index (κ1) is 17.2. The van der Waals surface area contributed by atoms with Crippen molar-refractivity contribution in [3.8, 4) is 0 Å². The highest BCUT2D eigenvalue weighted by Crippen LogP contribution is 2.33. The number of rotatable bonds is 1. The minimum absolute atomic E-state index is 0.0807. The number of ether oxygens (including phenoxy) is 1. The monoisotopic (exact) mass is 368 g/mol. The van der Waals surface area contributed by atoms with Gasteiger partial charge in [-0.25, -0.2) is 4.79 Å². The number of likely N-dealkylation sites (N-methyl/N-ethyl adjacent to an activating group) is 1. The summed E-state index contributed by atoms with van der Waals surface area (Å²) >= 11 is 3.40. The highest BCUT2D eigenvalue weighted by Gasteiger charge is 2.50. The Morgan fingerprint density at radius 2 is 1.86 bits per heavy atom. The quantitative estimate of drug-likeness (QED) is 0.696. The molecular formula is C17H23BrNO3+. The van der Waals surface area contributed by atoms with Crippen molar-refractivity contribution in [3.63, 3.8) is 0 Å². The van der Waals surface area contributed by atoms with Gasteiger partial charge in [0.25, 0.3) is 0 Å². The largest absolute Gasteiger partial charge is 0.523 e. The van der Waals surface area contributed by atoms with Crippen LogP contribution >= 0.6 is 15.9 Å². The Morgan fingerprint density at radius 1 is 1.27 bits per heavy atom. The number of halogens is 1. The van der Waals surface area contributed by atoms with Gasteiger partial charge in [0.05, 0.1) is 13.6 Å². The topological polar surface area (TPSA) is 43.4 Å². The third kappa shape index (κ3) is 3.58. The van der Waals surface area contributed by atoms with E-state index in [-0.39, 0.29) is 16.3 Å². The van der Waals surface area contributed by atoms with E-state index in [0.29, 0.717) is 6.54 Å². The Labute approximate surface area is 140 Å². The molecule has 0 N–H and O–H groups in total. The maximum Gasteiger partial charge on any atom is 0.523 e. The molecule has 0 saturated carbocycles. The second kappa shape index (κ2) is 6.13. The number of benzene rings is 1. The summed E-state index contributed by atoms with van der Waals surface area (Å²) in [6.45, 7) is 5.95. The second-order valence-corrected chi connectivity index (χ2v) is 7.90. The molecule has 0 spiro atoms. The van der Waals surface area contributed by atoms with Crippen LogP contribution in [-0.4, -0.2) is 35.7 Å². The van der Waals surface area contributed by atoms with E-state index in [4.69, 9.17) is 4.74 Å². The Bertz CT molecular complexity index is 577. The van der Waals surface area contributed by atoms with Crippen LogP contribution in [0.1, 0.15) is 45.1 Å². The number of likely N-dealkylation sites (tertiary alicyclic amines) is 1. The number of amides is 2. The fourth-order valence-corrected chi connectivity index (χ4v) is 3.00. The van der Waals surface area contributed by atoms with Crippen LogP contribution in [0.3, 0.4) is 0 Å². The van der Waals surface area contributed by atoms with Gasteiger partial charge in [-0.1, -0.05) is 28.1 Å². The number of imide groups is 1. The van der Waals surface area contributed by atoms with Crippen LogP contribution in [0.4, 0.5) is 4.79 Å². The molecule has 22 heavy (non-hydrogen) atoms. The van der Waals surface area contributed by atoms with E-state index in [1.165, 1.54) is 0 Å². The van der Waals surface area contributed by atoms with Gasteiger partial charge in [0.2, 0.25) is 0 Å². The van der Waals surface area contributed by atoms with Gasteiger partial charge in [0.1, 0.15) is 11.5 Å². The lowest BCUT2D eigenvalue weighted by Crippen LogP contribution is -2.59. The summed E-state index contributed by atoms with van der Waals surface area (Å²) < 4.78 is 6.15. The molecule has 2 atom stereocenters. The summed E-state index contributed by atoms with van der Waals surface area (Å²) in [4.78, 5) is 25.4. The van der Waals surface area contributed by atoms with E-state index in [9.17, 15) is 9.59 Å². The lowest BCUT2D eigenvalue weighted by atomic mass is 9.89. The number of carbonyl (C=O) groups excluding carboxylic acids is 2. The zero-order valence-electron chi connectivity index (χ0n) is 13.6. The van der Waals surface area contributed by atoms with Gasteiger partial charge in [-0.05, 0) is 51.3 Å². The summed E-state index contributed by atoms with van der Waals surface area (Å²) in [5.41, 5.74) is 0.365.